The van der Waals surface area contributed by atoms with Crippen LogP contribution in [-0.4, -0.2) is 63.1 Å². The van der Waals surface area contributed by atoms with Gasteiger partial charge in [0.1, 0.15) is 18.1 Å². The third-order valence-electron chi connectivity index (χ3n) is 8.70. The van der Waals surface area contributed by atoms with Gasteiger partial charge in [-0.3, -0.25) is 4.90 Å². The fourth-order valence-electron chi connectivity index (χ4n) is 6.23. The number of methoxy groups -OCH3 is 1. The van der Waals surface area contributed by atoms with Crippen LogP contribution >= 0.6 is 0 Å². The molecule has 0 bridgehead atoms. The Morgan fingerprint density at radius 3 is 2.59 bits per heavy atom. The summed E-state index contributed by atoms with van der Waals surface area (Å²) in [5, 5.41) is 9.91. The first kappa shape index (κ1) is 29.2. The average molecular weight is 563 g/mol. The molecule has 1 heterocycles. The molecule has 3 aromatic carbocycles. The van der Waals surface area contributed by atoms with Crippen LogP contribution in [0.2, 0.25) is 0 Å². The first-order chi connectivity index (χ1) is 19.9. The summed E-state index contributed by atoms with van der Waals surface area (Å²) < 4.78 is 32.0. The van der Waals surface area contributed by atoms with Crippen LogP contribution in [0, 0.1) is 5.82 Å². The molecule has 7 heteroatoms. The van der Waals surface area contributed by atoms with Crippen LogP contribution in [0.5, 0.6) is 17.2 Å². The zero-order valence-corrected chi connectivity index (χ0v) is 24.6. The lowest BCUT2D eigenvalue weighted by molar-refractivity contribution is 0.0391. The number of hydrogen-bond donors (Lipinski definition) is 1. The maximum Gasteiger partial charge on any atom is 0.165 e. The summed E-state index contributed by atoms with van der Waals surface area (Å²) in [7, 11) is 3.79. The van der Waals surface area contributed by atoms with Crippen LogP contribution < -0.4 is 14.4 Å². The molecule has 0 aromatic heterocycles. The van der Waals surface area contributed by atoms with Crippen molar-refractivity contribution in [2.24, 2.45) is 0 Å². The molecule has 3 aromatic rings. The number of benzene rings is 3. The van der Waals surface area contributed by atoms with Gasteiger partial charge < -0.3 is 24.2 Å². The van der Waals surface area contributed by atoms with Gasteiger partial charge in [-0.25, -0.2) is 4.39 Å². The van der Waals surface area contributed by atoms with Gasteiger partial charge in [-0.2, -0.15) is 0 Å². The molecule has 0 spiro atoms. The highest BCUT2D eigenvalue weighted by molar-refractivity contribution is 5.60. The number of hydrogen-bond acceptors (Lipinski definition) is 6. The minimum atomic E-state index is -0.328. The Morgan fingerprint density at radius 1 is 1.00 bits per heavy atom. The molecule has 6 nitrogen and oxygen atoms in total. The Labute approximate surface area is 243 Å². The molecule has 41 heavy (non-hydrogen) atoms. The van der Waals surface area contributed by atoms with E-state index in [1.807, 2.05) is 24.3 Å². The number of phenols is 1. The van der Waals surface area contributed by atoms with Gasteiger partial charge in [0.05, 0.1) is 7.11 Å². The Morgan fingerprint density at radius 2 is 1.83 bits per heavy atom. The van der Waals surface area contributed by atoms with Crippen LogP contribution in [0.3, 0.4) is 0 Å². The van der Waals surface area contributed by atoms with E-state index in [0.717, 1.165) is 75.4 Å². The van der Waals surface area contributed by atoms with E-state index in [9.17, 15) is 5.11 Å². The maximum atomic E-state index is 15.1. The van der Waals surface area contributed by atoms with Gasteiger partial charge in [0.15, 0.2) is 11.6 Å². The van der Waals surface area contributed by atoms with Crippen molar-refractivity contribution in [2.75, 3.05) is 52.0 Å². The van der Waals surface area contributed by atoms with Crippen molar-refractivity contribution in [1.82, 2.24) is 4.90 Å². The molecule has 1 N–H and O–H groups in total. The number of phenolic OH excluding ortho intramolecular Hbond substituents is 1. The fraction of sp³-hybridized carbons (Fsp3) is 0.471. The summed E-state index contributed by atoms with van der Waals surface area (Å²) in [6.07, 6.45) is 4.93. The number of fused-ring (bicyclic) bond motifs is 1. The molecule has 0 saturated carbocycles. The van der Waals surface area contributed by atoms with E-state index in [1.165, 1.54) is 16.7 Å². The largest absolute Gasteiger partial charge is 0.508 e. The van der Waals surface area contributed by atoms with Gasteiger partial charge in [-0.05, 0) is 105 Å². The van der Waals surface area contributed by atoms with Crippen LogP contribution in [-0.2, 0) is 24.1 Å². The minimum Gasteiger partial charge on any atom is -0.508 e. The number of rotatable bonds is 11. The van der Waals surface area contributed by atoms with E-state index in [-0.39, 0.29) is 5.82 Å². The number of anilines is 1. The predicted molar refractivity (Wildman–Crippen MR) is 161 cm³/mol. The van der Waals surface area contributed by atoms with Crippen LogP contribution in [0.15, 0.2) is 54.6 Å². The smallest absolute Gasteiger partial charge is 0.165 e. The van der Waals surface area contributed by atoms with Crippen molar-refractivity contribution in [3.8, 4) is 17.2 Å². The van der Waals surface area contributed by atoms with Gasteiger partial charge in [0, 0.05) is 50.6 Å². The number of halogens is 1. The lowest BCUT2D eigenvalue weighted by Crippen LogP contribution is -2.38. The molecule has 0 amide bonds. The van der Waals surface area contributed by atoms with E-state index in [1.54, 1.807) is 25.3 Å². The second kappa shape index (κ2) is 13.6. The maximum absolute atomic E-state index is 15.1. The summed E-state index contributed by atoms with van der Waals surface area (Å²) in [4.78, 5) is 4.58. The zero-order chi connectivity index (χ0) is 28.8. The van der Waals surface area contributed by atoms with E-state index in [0.29, 0.717) is 36.6 Å². The Hall–Kier alpha value is -3.29. The predicted octanol–water partition coefficient (Wildman–Crippen LogP) is 6.33. The highest BCUT2D eigenvalue weighted by Crippen LogP contribution is 2.40. The molecule has 1 aliphatic heterocycles. The molecule has 0 radical (unpaired) electrons. The Balaban J connectivity index is 1.27. The number of likely N-dealkylation sites (N-methyl/N-ethyl adjacent to an activating group) is 1. The lowest BCUT2D eigenvalue weighted by atomic mass is 9.79. The second-order valence-corrected chi connectivity index (χ2v) is 11.3. The monoisotopic (exact) mass is 562 g/mol. The van der Waals surface area contributed by atoms with Crippen molar-refractivity contribution in [2.45, 2.75) is 57.5 Å². The summed E-state index contributed by atoms with van der Waals surface area (Å²) in [5.74, 6) is 1.46. The third kappa shape index (κ3) is 7.14. The summed E-state index contributed by atoms with van der Waals surface area (Å²) >= 11 is 0. The average Bonchev–Trinajstić information content (AvgIpc) is 3.00. The van der Waals surface area contributed by atoms with Crippen molar-refractivity contribution in [3.63, 3.8) is 0 Å². The fourth-order valence-corrected chi connectivity index (χ4v) is 6.23. The molecule has 2 aliphatic rings. The van der Waals surface area contributed by atoms with Gasteiger partial charge in [0.2, 0.25) is 0 Å². The molecular formula is C34H43FN2O4. The molecule has 1 fully saturated rings. The minimum absolute atomic E-state index is 0.297. The highest BCUT2D eigenvalue weighted by atomic mass is 19.1. The number of ether oxygens (including phenoxy) is 3. The quantitative estimate of drug-likeness (QED) is 0.295. The van der Waals surface area contributed by atoms with Crippen molar-refractivity contribution in [3.05, 3.63) is 82.7 Å². The summed E-state index contributed by atoms with van der Waals surface area (Å²) in [5.41, 5.74) is 5.82. The van der Waals surface area contributed by atoms with Crippen molar-refractivity contribution in [1.29, 1.82) is 0 Å². The van der Waals surface area contributed by atoms with E-state index < -0.39 is 0 Å². The lowest BCUT2D eigenvalue weighted by Gasteiger charge is -2.32. The normalized spacial score (nSPS) is 17.3. The Kier molecular flexibility index (Phi) is 9.68. The molecule has 1 saturated heterocycles. The van der Waals surface area contributed by atoms with E-state index >= 15 is 4.39 Å². The first-order valence-corrected chi connectivity index (χ1v) is 14.9. The molecule has 220 valence electrons. The SMILES string of the molecule is CCN(Cc1ccc(OCCN(C)C2CCOCC2)c(F)c1)c1cc(OC)ccc1C1CCc2cc(O)ccc2C1. The van der Waals surface area contributed by atoms with Gasteiger partial charge in [-0.1, -0.05) is 18.2 Å². The van der Waals surface area contributed by atoms with Gasteiger partial charge >= 0.3 is 0 Å². The van der Waals surface area contributed by atoms with Crippen LogP contribution in [0.1, 0.15) is 54.4 Å². The first-order valence-electron chi connectivity index (χ1n) is 14.9. The van der Waals surface area contributed by atoms with Crippen molar-refractivity contribution >= 4 is 5.69 Å². The molecule has 1 unspecified atom stereocenters. The molecular weight excluding hydrogens is 519 g/mol. The van der Waals surface area contributed by atoms with Gasteiger partial charge in [0.25, 0.3) is 0 Å². The van der Waals surface area contributed by atoms with Crippen LogP contribution in [0.25, 0.3) is 0 Å². The van der Waals surface area contributed by atoms with Crippen molar-refractivity contribution < 1.29 is 23.7 Å². The zero-order valence-electron chi connectivity index (χ0n) is 24.6. The standard InChI is InChI=1S/C34H43FN2O4/c1-4-37(23-24-5-12-34(32(35)19-24)41-18-15-36(2)28-13-16-40-17-14-28)33-22-30(39-3)10-11-31(33)27-7-6-26-21-29(38)9-8-25(26)20-27/h5,8-12,19,21-22,27-28,38H,4,6-7,13-18,20,23H2,1-3H3. The molecule has 5 rings (SSSR count). The van der Waals surface area contributed by atoms with E-state index in [2.05, 4.69) is 35.9 Å². The molecule has 1 aliphatic carbocycles. The topological polar surface area (TPSA) is 54.4 Å². The number of aromatic hydroxyl groups is 1. The summed E-state index contributed by atoms with van der Waals surface area (Å²) in [6, 6.07) is 17.9. The van der Waals surface area contributed by atoms with Crippen LogP contribution in [0.4, 0.5) is 10.1 Å². The number of aryl methyl sites for hydroxylation is 1. The number of nitrogens with zero attached hydrogens (tertiary/aromatic N) is 2. The van der Waals surface area contributed by atoms with Gasteiger partial charge in [-0.15, -0.1) is 0 Å². The Bertz CT molecular complexity index is 1310. The third-order valence-corrected chi connectivity index (χ3v) is 8.70. The highest BCUT2D eigenvalue weighted by Gasteiger charge is 2.25. The second-order valence-electron chi connectivity index (χ2n) is 11.3. The van der Waals surface area contributed by atoms with E-state index in [4.69, 9.17) is 14.2 Å². The summed E-state index contributed by atoms with van der Waals surface area (Å²) in [6.45, 7) is 6.29. The molecule has 1 atom stereocenters.